The van der Waals surface area contributed by atoms with E-state index in [9.17, 15) is 9.59 Å². The van der Waals surface area contributed by atoms with Crippen LogP contribution in [0.4, 0.5) is 0 Å². The molecule has 160 valence electrons. The van der Waals surface area contributed by atoms with Crippen LogP contribution in [0.25, 0.3) is 10.9 Å². The molecule has 0 atom stereocenters. The smallest absolute Gasteiger partial charge is 0.341 e. The molecule has 0 unspecified atom stereocenters. The maximum absolute atomic E-state index is 12.1. The molecule has 8 nitrogen and oxygen atoms in total. The van der Waals surface area contributed by atoms with E-state index in [1.807, 2.05) is 18.2 Å². The van der Waals surface area contributed by atoms with Crippen molar-refractivity contribution in [3.05, 3.63) is 62.1 Å². The first kappa shape index (κ1) is 23.0. The lowest BCUT2D eigenvalue weighted by Crippen LogP contribution is -2.24. The van der Waals surface area contributed by atoms with Crippen molar-refractivity contribution in [1.29, 1.82) is 0 Å². The first-order valence-corrected chi connectivity index (χ1v) is 10.6. The van der Waals surface area contributed by atoms with Gasteiger partial charge in [0.25, 0.3) is 5.91 Å². The van der Waals surface area contributed by atoms with E-state index in [2.05, 4.69) is 47.4 Å². The number of pyridine rings is 1. The second kappa shape index (κ2) is 10.6. The highest BCUT2D eigenvalue weighted by Crippen LogP contribution is 2.37. The van der Waals surface area contributed by atoms with Gasteiger partial charge < -0.3 is 14.6 Å². The highest BCUT2D eigenvalue weighted by Gasteiger charge is 2.13. The summed E-state index contributed by atoms with van der Waals surface area (Å²) in [5.74, 6) is -0.894. The Bertz CT molecular complexity index is 1170. The lowest BCUT2D eigenvalue weighted by atomic mass is 10.2. The van der Waals surface area contributed by atoms with Crippen LogP contribution in [-0.2, 0) is 9.59 Å². The van der Waals surface area contributed by atoms with Gasteiger partial charge in [0.1, 0.15) is 11.3 Å². The molecule has 0 aliphatic heterocycles. The van der Waals surface area contributed by atoms with Crippen molar-refractivity contribution in [2.24, 2.45) is 5.10 Å². The molecule has 2 aromatic carbocycles. The van der Waals surface area contributed by atoms with Crippen LogP contribution < -0.4 is 14.9 Å². The van der Waals surface area contributed by atoms with E-state index in [1.54, 1.807) is 12.3 Å². The Balaban J connectivity index is 1.59. The first-order valence-electron chi connectivity index (χ1n) is 8.66. The third kappa shape index (κ3) is 6.16. The molecule has 1 amide bonds. The fourth-order valence-electron chi connectivity index (χ4n) is 2.49. The van der Waals surface area contributed by atoms with E-state index in [-0.39, 0.29) is 17.4 Å². The van der Waals surface area contributed by atoms with Crippen molar-refractivity contribution in [3.63, 3.8) is 0 Å². The number of carboxylic acid groups (broad SMARTS) is 1. The molecule has 11 heteroatoms. The molecule has 3 rings (SSSR count). The van der Waals surface area contributed by atoms with Crippen molar-refractivity contribution in [2.75, 3.05) is 13.2 Å². The van der Waals surface area contributed by atoms with Crippen molar-refractivity contribution in [3.8, 4) is 11.5 Å². The predicted molar refractivity (Wildman–Crippen MR) is 123 cm³/mol. The lowest BCUT2D eigenvalue weighted by molar-refractivity contribution is -0.139. The van der Waals surface area contributed by atoms with E-state index in [1.165, 1.54) is 18.3 Å². The second-order valence-corrected chi connectivity index (χ2v) is 8.14. The number of rotatable bonds is 8. The lowest BCUT2D eigenvalue weighted by Gasteiger charge is -2.11. The maximum Gasteiger partial charge on any atom is 0.341 e. The summed E-state index contributed by atoms with van der Waals surface area (Å²) in [4.78, 5) is 27.0. The monoisotopic (exact) mass is 569 g/mol. The number of hydrogen-bond donors (Lipinski definition) is 2. The Morgan fingerprint density at radius 1 is 1.16 bits per heavy atom. The highest BCUT2D eigenvalue weighted by atomic mass is 79.9. The summed E-state index contributed by atoms with van der Waals surface area (Å²) in [5, 5.41) is 13.6. The van der Waals surface area contributed by atoms with Gasteiger partial charge in [-0.05, 0) is 51.8 Å². The predicted octanol–water partition coefficient (Wildman–Crippen LogP) is 4.41. The molecule has 1 aromatic heterocycles. The van der Waals surface area contributed by atoms with Crippen molar-refractivity contribution in [1.82, 2.24) is 10.4 Å². The van der Waals surface area contributed by atoms with Crippen LogP contribution in [0.2, 0.25) is 5.02 Å². The standard InChI is InChI=1S/C20H14Br2ClN3O5/c21-13-7-14(22)20(19-12(13)2-1-5-24-19)31-9-17(27)26-25-8-11-3-4-16(15(23)6-11)30-10-18(28)29/h1-8H,9-10H2,(H,26,27)(H,28,29)/b25-8+. The molecular weight excluding hydrogens is 557 g/mol. The molecule has 0 saturated heterocycles. The van der Waals surface area contributed by atoms with Gasteiger partial charge >= 0.3 is 5.97 Å². The number of amides is 1. The maximum atomic E-state index is 12.1. The van der Waals surface area contributed by atoms with E-state index < -0.39 is 18.5 Å². The molecule has 1 heterocycles. The molecular formula is C20H14Br2ClN3O5. The zero-order chi connectivity index (χ0) is 22.4. The zero-order valence-corrected chi connectivity index (χ0v) is 19.6. The van der Waals surface area contributed by atoms with Crippen LogP contribution in [0.3, 0.4) is 0 Å². The van der Waals surface area contributed by atoms with Gasteiger partial charge in [-0.3, -0.25) is 9.78 Å². The number of carbonyl (C=O) groups excluding carboxylic acids is 1. The van der Waals surface area contributed by atoms with Gasteiger partial charge in [-0.25, -0.2) is 10.2 Å². The van der Waals surface area contributed by atoms with Gasteiger partial charge in [0.15, 0.2) is 19.0 Å². The SMILES string of the molecule is O=C(O)COc1ccc(/C=N/NC(=O)COc2c(Br)cc(Br)c3cccnc23)cc1Cl. The number of halogens is 3. The fraction of sp³-hybridized carbons (Fsp3) is 0.100. The van der Waals surface area contributed by atoms with Crippen LogP contribution in [0, 0.1) is 0 Å². The van der Waals surface area contributed by atoms with Gasteiger partial charge in [0.2, 0.25) is 0 Å². The zero-order valence-electron chi connectivity index (χ0n) is 15.6. The Labute approximate surface area is 198 Å². The summed E-state index contributed by atoms with van der Waals surface area (Å²) < 4.78 is 12.2. The molecule has 0 fully saturated rings. The summed E-state index contributed by atoms with van der Waals surface area (Å²) in [6.07, 6.45) is 3.03. The Morgan fingerprint density at radius 3 is 2.71 bits per heavy atom. The fourth-order valence-corrected chi connectivity index (χ4v) is 4.12. The molecule has 0 saturated carbocycles. The van der Waals surface area contributed by atoms with Gasteiger partial charge in [-0.1, -0.05) is 33.6 Å². The minimum atomic E-state index is -1.11. The third-order valence-corrected chi connectivity index (χ3v) is 5.35. The number of hydrazone groups is 1. The largest absolute Gasteiger partial charge is 0.480 e. The van der Waals surface area contributed by atoms with E-state index in [0.717, 1.165) is 9.86 Å². The number of nitrogens with one attached hydrogen (secondary N) is 1. The summed E-state index contributed by atoms with van der Waals surface area (Å²) >= 11 is 12.9. The number of aromatic nitrogens is 1. The average molecular weight is 572 g/mol. The number of carboxylic acids is 1. The normalized spacial score (nSPS) is 10.9. The van der Waals surface area contributed by atoms with E-state index in [0.29, 0.717) is 21.3 Å². The Hall–Kier alpha value is -2.69. The molecule has 3 aromatic rings. The molecule has 2 N–H and O–H groups in total. The number of fused-ring (bicyclic) bond motifs is 1. The molecule has 0 bridgehead atoms. The highest BCUT2D eigenvalue weighted by molar-refractivity contribution is 9.11. The van der Waals surface area contributed by atoms with Crippen molar-refractivity contribution < 1.29 is 24.2 Å². The van der Waals surface area contributed by atoms with Crippen LogP contribution in [-0.4, -0.2) is 41.4 Å². The summed E-state index contributed by atoms with van der Waals surface area (Å²) in [6.45, 7) is -0.769. The summed E-state index contributed by atoms with van der Waals surface area (Å²) in [6, 6.07) is 10.2. The van der Waals surface area contributed by atoms with Gasteiger partial charge in [-0.2, -0.15) is 5.10 Å². The van der Waals surface area contributed by atoms with E-state index >= 15 is 0 Å². The molecule has 0 aliphatic rings. The first-order chi connectivity index (χ1) is 14.8. The number of nitrogens with zero attached hydrogens (tertiary/aromatic N) is 2. The molecule has 31 heavy (non-hydrogen) atoms. The van der Waals surface area contributed by atoms with Crippen molar-refractivity contribution in [2.45, 2.75) is 0 Å². The van der Waals surface area contributed by atoms with Gasteiger partial charge in [-0.15, -0.1) is 0 Å². The minimum Gasteiger partial charge on any atom is -0.480 e. The average Bonchev–Trinajstić information content (AvgIpc) is 2.73. The molecule has 0 radical (unpaired) electrons. The quantitative estimate of drug-likeness (QED) is 0.306. The number of aliphatic carboxylic acids is 1. The number of ether oxygens (including phenoxy) is 2. The van der Waals surface area contributed by atoms with Gasteiger partial charge in [0.05, 0.1) is 15.7 Å². The Morgan fingerprint density at radius 2 is 1.97 bits per heavy atom. The summed E-state index contributed by atoms with van der Waals surface area (Å²) in [5.41, 5.74) is 3.56. The topological polar surface area (TPSA) is 110 Å². The molecule has 0 spiro atoms. The second-order valence-electron chi connectivity index (χ2n) is 6.02. The third-order valence-electron chi connectivity index (χ3n) is 3.81. The van der Waals surface area contributed by atoms with Gasteiger partial charge in [0, 0.05) is 16.1 Å². The van der Waals surface area contributed by atoms with Crippen LogP contribution in [0.1, 0.15) is 5.56 Å². The Kier molecular flexibility index (Phi) is 7.83. The minimum absolute atomic E-state index is 0.222. The van der Waals surface area contributed by atoms with Crippen LogP contribution in [0.5, 0.6) is 11.5 Å². The van der Waals surface area contributed by atoms with E-state index in [4.69, 9.17) is 26.2 Å². The number of hydrogen-bond acceptors (Lipinski definition) is 6. The summed E-state index contributed by atoms with van der Waals surface area (Å²) in [7, 11) is 0. The van der Waals surface area contributed by atoms with Crippen LogP contribution >= 0.6 is 43.5 Å². The van der Waals surface area contributed by atoms with Crippen LogP contribution in [0.15, 0.2) is 56.6 Å². The number of carbonyl (C=O) groups is 2. The number of benzene rings is 2. The molecule has 0 aliphatic carbocycles. The van der Waals surface area contributed by atoms with Crippen molar-refractivity contribution >= 4 is 72.5 Å².